The standard InChI is InChI=1S/C6H9BrN2O/c7-4-1-2-10-6(4)5(9)3-8/h1-2,5H,3,8-9H2. The van der Waals surface area contributed by atoms with Gasteiger partial charge in [0.2, 0.25) is 0 Å². The summed E-state index contributed by atoms with van der Waals surface area (Å²) in [5.74, 6) is 0.711. The van der Waals surface area contributed by atoms with E-state index in [4.69, 9.17) is 15.9 Å². The zero-order valence-electron chi connectivity index (χ0n) is 5.38. The van der Waals surface area contributed by atoms with E-state index < -0.39 is 0 Å². The quantitative estimate of drug-likeness (QED) is 0.756. The zero-order valence-corrected chi connectivity index (χ0v) is 6.97. The van der Waals surface area contributed by atoms with E-state index in [1.54, 1.807) is 12.3 Å². The summed E-state index contributed by atoms with van der Waals surface area (Å²) >= 11 is 3.28. The van der Waals surface area contributed by atoms with Gasteiger partial charge in [0.1, 0.15) is 5.76 Å². The molecule has 0 aliphatic heterocycles. The molecular weight excluding hydrogens is 196 g/mol. The van der Waals surface area contributed by atoms with E-state index in [1.165, 1.54) is 0 Å². The van der Waals surface area contributed by atoms with Gasteiger partial charge in [0.05, 0.1) is 16.8 Å². The highest BCUT2D eigenvalue weighted by Gasteiger charge is 2.10. The second-order valence-corrected chi connectivity index (χ2v) is 2.83. The first-order valence-corrected chi connectivity index (χ1v) is 3.73. The minimum absolute atomic E-state index is 0.204. The molecule has 4 heteroatoms. The van der Waals surface area contributed by atoms with Crippen LogP contribution in [0.1, 0.15) is 11.8 Å². The van der Waals surface area contributed by atoms with Gasteiger partial charge in [0, 0.05) is 6.54 Å². The van der Waals surface area contributed by atoms with Crippen molar-refractivity contribution in [3.05, 3.63) is 22.6 Å². The Morgan fingerprint density at radius 2 is 2.40 bits per heavy atom. The molecular formula is C6H9BrN2O. The van der Waals surface area contributed by atoms with Crippen molar-refractivity contribution in [1.29, 1.82) is 0 Å². The SMILES string of the molecule is NCC(N)c1occc1Br. The average molecular weight is 205 g/mol. The lowest BCUT2D eigenvalue weighted by Crippen LogP contribution is -2.20. The summed E-state index contributed by atoms with van der Waals surface area (Å²) in [5.41, 5.74) is 10.9. The molecule has 10 heavy (non-hydrogen) atoms. The van der Waals surface area contributed by atoms with Gasteiger partial charge in [-0.1, -0.05) is 0 Å². The van der Waals surface area contributed by atoms with Crippen LogP contribution in [0.25, 0.3) is 0 Å². The van der Waals surface area contributed by atoms with Crippen molar-refractivity contribution in [2.75, 3.05) is 6.54 Å². The molecule has 0 amide bonds. The molecule has 1 aromatic rings. The number of rotatable bonds is 2. The van der Waals surface area contributed by atoms with Gasteiger partial charge in [-0.15, -0.1) is 0 Å². The van der Waals surface area contributed by atoms with Crippen LogP contribution in [0.4, 0.5) is 0 Å². The molecule has 4 N–H and O–H groups in total. The summed E-state index contributed by atoms with van der Waals surface area (Å²) in [5, 5.41) is 0. The highest BCUT2D eigenvalue weighted by Crippen LogP contribution is 2.21. The maximum Gasteiger partial charge on any atom is 0.135 e. The average Bonchev–Trinajstić information content (AvgIpc) is 2.34. The summed E-state index contributed by atoms with van der Waals surface area (Å²) in [7, 11) is 0. The van der Waals surface area contributed by atoms with Crippen LogP contribution in [0.2, 0.25) is 0 Å². The predicted octanol–water partition coefficient (Wildman–Crippen LogP) is 1.00. The fourth-order valence-electron chi connectivity index (χ4n) is 0.677. The van der Waals surface area contributed by atoms with E-state index in [-0.39, 0.29) is 6.04 Å². The van der Waals surface area contributed by atoms with Crippen molar-refractivity contribution in [3.63, 3.8) is 0 Å². The van der Waals surface area contributed by atoms with Gasteiger partial charge in [0.15, 0.2) is 0 Å². The molecule has 1 unspecified atom stereocenters. The maximum atomic E-state index is 5.59. The smallest absolute Gasteiger partial charge is 0.135 e. The lowest BCUT2D eigenvalue weighted by atomic mass is 10.2. The Balaban J connectivity index is 2.82. The highest BCUT2D eigenvalue weighted by atomic mass is 79.9. The van der Waals surface area contributed by atoms with Gasteiger partial charge in [-0.3, -0.25) is 0 Å². The second kappa shape index (κ2) is 3.18. The molecule has 0 spiro atoms. The van der Waals surface area contributed by atoms with Gasteiger partial charge < -0.3 is 15.9 Å². The molecule has 3 nitrogen and oxygen atoms in total. The monoisotopic (exact) mass is 204 g/mol. The van der Waals surface area contributed by atoms with Crippen molar-refractivity contribution in [2.45, 2.75) is 6.04 Å². The maximum absolute atomic E-state index is 5.59. The van der Waals surface area contributed by atoms with E-state index >= 15 is 0 Å². The fourth-order valence-corrected chi connectivity index (χ4v) is 1.17. The molecule has 56 valence electrons. The number of furan rings is 1. The van der Waals surface area contributed by atoms with Crippen LogP contribution >= 0.6 is 15.9 Å². The molecule has 0 aromatic carbocycles. The van der Waals surface area contributed by atoms with E-state index in [1.807, 2.05) is 0 Å². The van der Waals surface area contributed by atoms with Gasteiger partial charge in [-0.25, -0.2) is 0 Å². The van der Waals surface area contributed by atoms with Crippen molar-refractivity contribution in [1.82, 2.24) is 0 Å². The number of halogens is 1. The Hall–Kier alpha value is -0.320. The second-order valence-electron chi connectivity index (χ2n) is 1.97. The Kier molecular flexibility index (Phi) is 2.48. The van der Waals surface area contributed by atoms with E-state index in [0.29, 0.717) is 12.3 Å². The van der Waals surface area contributed by atoms with Crippen LogP contribution in [-0.2, 0) is 0 Å². The first-order chi connectivity index (χ1) is 4.75. The lowest BCUT2D eigenvalue weighted by Gasteiger charge is -2.03. The largest absolute Gasteiger partial charge is 0.466 e. The first kappa shape index (κ1) is 7.78. The molecule has 1 aromatic heterocycles. The Morgan fingerprint density at radius 3 is 2.80 bits per heavy atom. The summed E-state index contributed by atoms with van der Waals surface area (Å²) in [6.07, 6.45) is 1.58. The van der Waals surface area contributed by atoms with Crippen molar-refractivity contribution in [2.24, 2.45) is 11.5 Å². The summed E-state index contributed by atoms with van der Waals surface area (Å²) < 4.78 is 5.95. The lowest BCUT2D eigenvalue weighted by molar-refractivity contribution is 0.467. The van der Waals surface area contributed by atoms with Crippen molar-refractivity contribution < 1.29 is 4.42 Å². The zero-order chi connectivity index (χ0) is 7.56. The van der Waals surface area contributed by atoms with Crippen LogP contribution in [0, 0.1) is 0 Å². The summed E-state index contributed by atoms with van der Waals surface area (Å²) in [6, 6.07) is 1.59. The van der Waals surface area contributed by atoms with Crippen molar-refractivity contribution >= 4 is 15.9 Å². The third kappa shape index (κ3) is 1.39. The summed E-state index contributed by atoms with van der Waals surface area (Å²) in [4.78, 5) is 0. The van der Waals surface area contributed by atoms with Crippen LogP contribution in [-0.4, -0.2) is 6.54 Å². The number of hydrogen-bond acceptors (Lipinski definition) is 3. The van der Waals surface area contributed by atoms with E-state index in [2.05, 4.69) is 15.9 Å². The molecule has 1 heterocycles. The first-order valence-electron chi connectivity index (χ1n) is 2.94. The minimum Gasteiger partial charge on any atom is -0.466 e. The predicted molar refractivity (Wildman–Crippen MR) is 42.4 cm³/mol. The Bertz CT molecular complexity index is 211. The van der Waals surface area contributed by atoms with Crippen LogP contribution < -0.4 is 11.5 Å². The molecule has 0 radical (unpaired) electrons. The normalized spacial score (nSPS) is 13.5. The molecule has 0 aliphatic rings. The van der Waals surface area contributed by atoms with Crippen molar-refractivity contribution in [3.8, 4) is 0 Å². The molecule has 0 aliphatic carbocycles. The van der Waals surface area contributed by atoms with Gasteiger partial charge in [0.25, 0.3) is 0 Å². The molecule has 0 fully saturated rings. The molecule has 0 saturated heterocycles. The van der Waals surface area contributed by atoms with Gasteiger partial charge in [-0.2, -0.15) is 0 Å². The Morgan fingerprint density at radius 1 is 1.70 bits per heavy atom. The third-order valence-corrected chi connectivity index (χ3v) is 1.89. The molecule has 0 saturated carbocycles. The van der Waals surface area contributed by atoms with Crippen LogP contribution in [0.5, 0.6) is 0 Å². The highest BCUT2D eigenvalue weighted by molar-refractivity contribution is 9.10. The van der Waals surface area contributed by atoms with Crippen LogP contribution in [0.3, 0.4) is 0 Å². The van der Waals surface area contributed by atoms with Gasteiger partial charge >= 0.3 is 0 Å². The minimum atomic E-state index is -0.204. The Labute approximate surface area is 67.5 Å². The fraction of sp³-hybridized carbons (Fsp3) is 0.333. The van der Waals surface area contributed by atoms with E-state index in [0.717, 1.165) is 4.47 Å². The van der Waals surface area contributed by atoms with E-state index in [9.17, 15) is 0 Å². The summed E-state index contributed by atoms with van der Waals surface area (Å²) in [6.45, 7) is 0.395. The number of hydrogen-bond donors (Lipinski definition) is 2. The number of nitrogens with two attached hydrogens (primary N) is 2. The van der Waals surface area contributed by atoms with Crippen LogP contribution in [0.15, 0.2) is 21.2 Å². The van der Waals surface area contributed by atoms with Gasteiger partial charge in [-0.05, 0) is 22.0 Å². The molecule has 1 rings (SSSR count). The third-order valence-electron chi connectivity index (χ3n) is 1.24. The molecule has 1 atom stereocenters. The topological polar surface area (TPSA) is 65.2 Å². The molecule has 0 bridgehead atoms.